The van der Waals surface area contributed by atoms with Gasteiger partial charge in [0.15, 0.2) is 0 Å². The fourth-order valence-electron chi connectivity index (χ4n) is 1.89. The van der Waals surface area contributed by atoms with Gasteiger partial charge in [0.25, 0.3) is 0 Å². The Kier molecular flexibility index (Phi) is 2.61. The van der Waals surface area contributed by atoms with E-state index in [1.54, 1.807) is 11.3 Å². The molecule has 2 aromatic rings. The second kappa shape index (κ2) is 4.11. The number of ether oxygens (including phenoxy) is 1. The van der Waals surface area contributed by atoms with Gasteiger partial charge in [-0.15, -0.1) is 24.0 Å². The summed E-state index contributed by atoms with van der Waals surface area (Å²) in [5.41, 5.74) is 2.45. The van der Waals surface area contributed by atoms with Gasteiger partial charge in [0.05, 0.1) is 6.61 Å². The maximum Gasteiger partial charge on any atom is 0.124 e. The van der Waals surface area contributed by atoms with Gasteiger partial charge < -0.3 is 4.74 Å². The average molecular weight is 249 g/mol. The minimum atomic E-state index is 0.786. The number of aryl methyl sites for hydroxylation is 1. The standard InChI is InChI=1S/C12H11NOS2/c15-11-7-16-12(13-11)9-3-4-10-8(6-9)2-1-5-14-10/h3-4,6-7,15H,1-2,5H2. The van der Waals surface area contributed by atoms with Crippen LogP contribution < -0.4 is 4.74 Å². The summed E-state index contributed by atoms with van der Waals surface area (Å²) in [7, 11) is 0. The van der Waals surface area contributed by atoms with Crippen molar-refractivity contribution in [3.8, 4) is 16.3 Å². The third-order valence-corrected chi connectivity index (χ3v) is 3.94. The third-order valence-electron chi connectivity index (χ3n) is 2.65. The van der Waals surface area contributed by atoms with Crippen molar-refractivity contribution >= 4 is 24.0 Å². The molecule has 0 unspecified atom stereocenters. The molecule has 0 aliphatic carbocycles. The van der Waals surface area contributed by atoms with Crippen LogP contribution in [0.15, 0.2) is 28.6 Å². The summed E-state index contributed by atoms with van der Waals surface area (Å²) < 4.78 is 5.59. The van der Waals surface area contributed by atoms with Gasteiger partial charge in [-0.05, 0) is 36.6 Å². The number of hydrogen-bond acceptors (Lipinski definition) is 4. The molecule has 0 N–H and O–H groups in total. The molecule has 0 atom stereocenters. The summed E-state index contributed by atoms with van der Waals surface area (Å²) in [6.45, 7) is 0.838. The van der Waals surface area contributed by atoms with Crippen LogP contribution >= 0.6 is 24.0 Å². The molecule has 1 aromatic carbocycles. The van der Waals surface area contributed by atoms with Crippen molar-refractivity contribution in [3.05, 3.63) is 29.1 Å². The first-order valence-corrected chi connectivity index (χ1v) is 6.56. The van der Waals surface area contributed by atoms with Crippen LogP contribution in [0.5, 0.6) is 5.75 Å². The molecule has 4 heteroatoms. The van der Waals surface area contributed by atoms with Gasteiger partial charge in [-0.1, -0.05) is 0 Å². The molecule has 1 aliphatic rings. The SMILES string of the molecule is Sc1csc(-c2ccc3c(c2)CCCO3)n1. The predicted octanol–water partition coefficient (Wildman–Crippen LogP) is 3.42. The minimum Gasteiger partial charge on any atom is -0.493 e. The highest BCUT2D eigenvalue weighted by molar-refractivity contribution is 7.80. The van der Waals surface area contributed by atoms with Gasteiger partial charge in [0, 0.05) is 10.9 Å². The van der Waals surface area contributed by atoms with E-state index in [0.29, 0.717) is 0 Å². The summed E-state index contributed by atoms with van der Waals surface area (Å²) in [5, 5.41) is 3.77. The van der Waals surface area contributed by atoms with E-state index in [1.165, 1.54) is 5.56 Å². The number of aromatic nitrogens is 1. The monoisotopic (exact) mass is 249 g/mol. The Labute approximate surface area is 104 Å². The van der Waals surface area contributed by atoms with Gasteiger partial charge in [0.2, 0.25) is 0 Å². The Morgan fingerprint density at radius 2 is 2.31 bits per heavy atom. The Morgan fingerprint density at radius 3 is 3.12 bits per heavy atom. The normalized spacial score (nSPS) is 14.3. The lowest BCUT2D eigenvalue weighted by Gasteiger charge is -2.17. The van der Waals surface area contributed by atoms with Crippen molar-refractivity contribution in [1.29, 1.82) is 0 Å². The van der Waals surface area contributed by atoms with Crippen LogP contribution in [0.4, 0.5) is 0 Å². The molecule has 2 nitrogen and oxygen atoms in total. The van der Waals surface area contributed by atoms with Crippen molar-refractivity contribution in [2.45, 2.75) is 17.9 Å². The van der Waals surface area contributed by atoms with E-state index < -0.39 is 0 Å². The Hall–Kier alpha value is -1.00. The smallest absolute Gasteiger partial charge is 0.124 e. The largest absolute Gasteiger partial charge is 0.493 e. The van der Waals surface area contributed by atoms with E-state index in [2.05, 4.69) is 29.7 Å². The molecular weight excluding hydrogens is 238 g/mol. The molecule has 1 aliphatic heterocycles. The quantitative estimate of drug-likeness (QED) is 0.782. The Morgan fingerprint density at radius 1 is 1.38 bits per heavy atom. The highest BCUT2D eigenvalue weighted by Crippen LogP contribution is 2.31. The third kappa shape index (κ3) is 1.83. The Balaban J connectivity index is 2.02. The van der Waals surface area contributed by atoms with Gasteiger partial charge in [0.1, 0.15) is 15.8 Å². The average Bonchev–Trinajstić information content (AvgIpc) is 2.75. The van der Waals surface area contributed by atoms with Crippen molar-refractivity contribution < 1.29 is 4.74 Å². The number of benzene rings is 1. The van der Waals surface area contributed by atoms with Crippen LogP contribution in [0.25, 0.3) is 10.6 Å². The topological polar surface area (TPSA) is 22.1 Å². The van der Waals surface area contributed by atoms with Crippen LogP contribution in [0.1, 0.15) is 12.0 Å². The molecule has 0 spiro atoms. The maximum atomic E-state index is 5.59. The highest BCUT2D eigenvalue weighted by Gasteiger charge is 2.12. The van der Waals surface area contributed by atoms with Crippen molar-refractivity contribution in [1.82, 2.24) is 4.98 Å². The van der Waals surface area contributed by atoms with E-state index in [1.807, 2.05) is 11.4 Å². The van der Waals surface area contributed by atoms with Crippen molar-refractivity contribution in [2.24, 2.45) is 0 Å². The Bertz CT molecular complexity index is 521. The lowest BCUT2D eigenvalue weighted by atomic mass is 10.0. The zero-order valence-electron chi connectivity index (χ0n) is 8.64. The van der Waals surface area contributed by atoms with Gasteiger partial charge in [-0.2, -0.15) is 0 Å². The fourth-order valence-corrected chi connectivity index (χ4v) is 2.90. The van der Waals surface area contributed by atoms with Gasteiger partial charge in [-0.25, -0.2) is 4.98 Å². The second-order valence-corrected chi connectivity index (χ2v) is 5.10. The first-order valence-electron chi connectivity index (χ1n) is 5.23. The molecule has 2 heterocycles. The first kappa shape index (κ1) is 10.2. The zero-order valence-corrected chi connectivity index (χ0v) is 10.4. The van der Waals surface area contributed by atoms with E-state index >= 15 is 0 Å². The second-order valence-electron chi connectivity index (χ2n) is 3.79. The van der Waals surface area contributed by atoms with Crippen molar-refractivity contribution in [2.75, 3.05) is 6.61 Å². The van der Waals surface area contributed by atoms with Crippen LogP contribution in [-0.2, 0) is 6.42 Å². The van der Waals surface area contributed by atoms with Crippen LogP contribution in [0, 0.1) is 0 Å². The number of thiol groups is 1. The molecule has 3 rings (SSSR count). The summed E-state index contributed by atoms with van der Waals surface area (Å²) in [5.74, 6) is 1.03. The molecule has 0 fully saturated rings. The summed E-state index contributed by atoms with van der Waals surface area (Å²) in [6.07, 6.45) is 2.20. The predicted molar refractivity (Wildman–Crippen MR) is 68.6 cm³/mol. The number of fused-ring (bicyclic) bond motifs is 1. The van der Waals surface area contributed by atoms with Gasteiger partial charge >= 0.3 is 0 Å². The first-order chi connectivity index (χ1) is 7.83. The lowest BCUT2D eigenvalue weighted by Crippen LogP contribution is -2.07. The zero-order chi connectivity index (χ0) is 11.0. The molecule has 0 bridgehead atoms. The summed E-state index contributed by atoms with van der Waals surface area (Å²) >= 11 is 5.85. The number of hydrogen-bond donors (Lipinski definition) is 1. The minimum absolute atomic E-state index is 0.786. The molecule has 0 saturated heterocycles. The molecule has 16 heavy (non-hydrogen) atoms. The van der Waals surface area contributed by atoms with Crippen LogP contribution in [0.3, 0.4) is 0 Å². The number of nitrogens with zero attached hydrogens (tertiary/aromatic N) is 1. The highest BCUT2D eigenvalue weighted by atomic mass is 32.1. The van der Waals surface area contributed by atoms with Gasteiger partial charge in [-0.3, -0.25) is 0 Å². The molecule has 0 radical (unpaired) electrons. The fraction of sp³-hybridized carbons (Fsp3) is 0.250. The summed E-state index contributed by atoms with van der Waals surface area (Å²) in [6, 6.07) is 6.29. The molecule has 1 aromatic heterocycles. The summed E-state index contributed by atoms with van der Waals surface area (Å²) in [4.78, 5) is 4.37. The van der Waals surface area contributed by atoms with E-state index in [9.17, 15) is 0 Å². The van der Waals surface area contributed by atoms with E-state index in [-0.39, 0.29) is 0 Å². The van der Waals surface area contributed by atoms with Crippen LogP contribution in [-0.4, -0.2) is 11.6 Å². The molecular formula is C12H11NOS2. The molecule has 82 valence electrons. The van der Waals surface area contributed by atoms with Crippen molar-refractivity contribution in [3.63, 3.8) is 0 Å². The van der Waals surface area contributed by atoms with Crippen LogP contribution in [0.2, 0.25) is 0 Å². The van der Waals surface area contributed by atoms with E-state index in [4.69, 9.17) is 4.74 Å². The lowest BCUT2D eigenvalue weighted by molar-refractivity contribution is 0.288. The maximum absolute atomic E-state index is 5.59. The molecule has 0 saturated carbocycles. The molecule has 0 amide bonds. The van der Waals surface area contributed by atoms with E-state index in [0.717, 1.165) is 40.8 Å². The number of thiazole rings is 1. The number of rotatable bonds is 1.